The molecule has 0 aliphatic carbocycles. The highest BCUT2D eigenvalue weighted by atomic mass is 19.1. The maximum Gasteiger partial charge on any atom is 0.223 e. The molecule has 0 radical (unpaired) electrons. The van der Waals surface area contributed by atoms with Crippen LogP contribution in [0, 0.1) is 11.6 Å². The summed E-state index contributed by atoms with van der Waals surface area (Å²) in [5.41, 5.74) is 1.54. The molecule has 1 aromatic heterocycles. The summed E-state index contributed by atoms with van der Waals surface area (Å²) >= 11 is 0. The topological polar surface area (TPSA) is 50.3 Å². The van der Waals surface area contributed by atoms with Crippen molar-refractivity contribution in [1.82, 2.24) is 9.88 Å². The van der Waals surface area contributed by atoms with Gasteiger partial charge in [0.25, 0.3) is 0 Å². The summed E-state index contributed by atoms with van der Waals surface area (Å²) in [6.07, 6.45) is 1.58. The van der Waals surface area contributed by atoms with E-state index < -0.39 is 17.7 Å². The lowest BCUT2D eigenvalue weighted by Crippen LogP contribution is -2.32. The van der Waals surface area contributed by atoms with Gasteiger partial charge in [0.05, 0.1) is 11.7 Å². The number of benzene rings is 2. The van der Waals surface area contributed by atoms with Crippen LogP contribution in [0.25, 0.3) is 0 Å². The molecule has 0 aliphatic heterocycles. The Morgan fingerprint density at radius 2 is 1.69 bits per heavy atom. The van der Waals surface area contributed by atoms with Gasteiger partial charge in [-0.15, -0.1) is 0 Å². The van der Waals surface area contributed by atoms with Gasteiger partial charge in [0.1, 0.15) is 11.6 Å². The van der Waals surface area contributed by atoms with Gasteiger partial charge in [-0.05, 0) is 54.1 Å². The molecular weight excluding hydrogens is 374 g/mol. The Bertz CT molecular complexity index is 991. The van der Waals surface area contributed by atoms with Crippen LogP contribution in [0.15, 0.2) is 72.9 Å². The van der Waals surface area contributed by atoms with E-state index in [2.05, 4.69) is 4.98 Å². The molecule has 0 bridgehead atoms. The fourth-order valence-corrected chi connectivity index (χ4v) is 3.13. The van der Waals surface area contributed by atoms with Gasteiger partial charge < -0.3 is 4.90 Å². The summed E-state index contributed by atoms with van der Waals surface area (Å²) in [7, 11) is 1.61. The number of hydrogen-bond donors (Lipinski definition) is 0. The summed E-state index contributed by atoms with van der Waals surface area (Å²) < 4.78 is 26.8. The molecule has 4 nitrogen and oxygen atoms in total. The molecule has 6 heteroatoms. The largest absolute Gasteiger partial charge is 0.333 e. The van der Waals surface area contributed by atoms with Gasteiger partial charge in [0.2, 0.25) is 5.91 Å². The van der Waals surface area contributed by atoms with Crippen molar-refractivity contribution in [3.63, 3.8) is 0 Å². The fraction of sp³-hybridized carbons (Fsp3) is 0.174. The molecule has 1 amide bonds. The zero-order chi connectivity index (χ0) is 20.8. The van der Waals surface area contributed by atoms with E-state index in [0.29, 0.717) is 16.8 Å². The summed E-state index contributed by atoms with van der Waals surface area (Å²) in [5, 5.41) is 0. The Hall–Kier alpha value is -3.41. The lowest BCUT2D eigenvalue weighted by Gasteiger charge is -2.28. The van der Waals surface area contributed by atoms with E-state index in [1.807, 2.05) is 0 Å². The molecule has 148 valence electrons. The van der Waals surface area contributed by atoms with Crippen LogP contribution in [0.1, 0.15) is 40.5 Å². The Morgan fingerprint density at radius 3 is 2.34 bits per heavy atom. The van der Waals surface area contributed by atoms with Crippen LogP contribution in [-0.2, 0) is 4.79 Å². The number of amides is 1. The molecule has 29 heavy (non-hydrogen) atoms. The maximum absolute atomic E-state index is 13.8. The van der Waals surface area contributed by atoms with E-state index in [4.69, 9.17) is 0 Å². The van der Waals surface area contributed by atoms with Crippen molar-refractivity contribution >= 4 is 11.7 Å². The first-order chi connectivity index (χ1) is 14.0. The number of ketones is 1. The van der Waals surface area contributed by atoms with Crippen LogP contribution < -0.4 is 0 Å². The predicted octanol–water partition coefficient (Wildman–Crippen LogP) is 4.57. The number of hydrogen-bond acceptors (Lipinski definition) is 3. The molecule has 0 saturated heterocycles. The average Bonchev–Trinajstić information content (AvgIpc) is 2.73. The number of Topliss-reactive ketones (excluding diaryl/α,β-unsaturated/α-hetero) is 1. The number of halogens is 2. The SMILES string of the molecule is CN(C(=O)CCC(=O)c1ccc(F)cc1)[C@@H](c1cccc(F)c1)c1ccccn1. The number of nitrogens with zero attached hydrogens (tertiary/aromatic N) is 2. The smallest absolute Gasteiger partial charge is 0.223 e. The third-order valence-electron chi connectivity index (χ3n) is 4.65. The highest BCUT2D eigenvalue weighted by molar-refractivity contribution is 5.97. The van der Waals surface area contributed by atoms with Crippen LogP contribution in [-0.4, -0.2) is 28.6 Å². The number of pyridine rings is 1. The molecule has 0 saturated carbocycles. The Morgan fingerprint density at radius 1 is 0.931 bits per heavy atom. The Kier molecular flexibility index (Phi) is 6.44. The van der Waals surface area contributed by atoms with E-state index in [1.54, 1.807) is 43.6 Å². The molecule has 2 aromatic carbocycles. The van der Waals surface area contributed by atoms with Crippen molar-refractivity contribution in [2.45, 2.75) is 18.9 Å². The molecule has 0 fully saturated rings. The molecule has 1 atom stereocenters. The second-order valence-corrected chi connectivity index (χ2v) is 6.65. The third kappa shape index (κ3) is 5.10. The van der Waals surface area contributed by atoms with Crippen molar-refractivity contribution in [3.8, 4) is 0 Å². The predicted molar refractivity (Wildman–Crippen MR) is 105 cm³/mol. The van der Waals surface area contributed by atoms with Crippen LogP contribution in [0.3, 0.4) is 0 Å². The molecule has 0 aliphatic rings. The number of carbonyl (C=O) groups is 2. The first-order valence-electron chi connectivity index (χ1n) is 9.16. The highest BCUT2D eigenvalue weighted by Crippen LogP contribution is 2.27. The molecular formula is C23H20F2N2O2. The Balaban J connectivity index is 1.76. The molecule has 3 aromatic rings. The van der Waals surface area contributed by atoms with E-state index in [9.17, 15) is 18.4 Å². The van der Waals surface area contributed by atoms with E-state index in [1.165, 1.54) is 41.3 Å². The van der Waals surface area contributed by atoms with Crippen LogP contribution >= 0.6 is 0 Å². The van der Waals surface area contributed by atoms with Crippen molar-refractivity contribution in [2.75, 3.05) is 7.05 Å². The summed E-state index contributed by atoms with van der Waals surface area (Å²) in [5.74, 6) is -1.35. The summed E-state index contributed by atoms with van der Waals surface area (Å²) in [6, 6.07) is 16.0. The standard InChI is InChI=1S/C23H20F2N2O2/c1-27(22(29)13-12-21(28)16-8-10-18(24)11-9-16)23(20-7-2-3-14-26-20)17-5-4-6-19(25)15-17/h2-11,14-15,23H,12-13H2,1H3/t23-/m0/s1. The number of carbonyl (C=O) groups excluding carboxylic acids is 2. The van der Waals surface area contributed by atoms with Crippen LogP contribution in [0.4, 0.5) is 8.78 Å². The monoisotopic (exact) mass is 394 g/mol. The van der Waals surface area contributed by atoms with Crippen LogP contribution in [0.2, 0.25) is 0 Å². The molecule has 1 heterocycles. The highest BCUT2D eigenvalue weighted by Gasteiger charge is 2.25. The van der Waals surface area contributed by atoms with Gasteiger partial charge in [-0.1, -0.05) is 18.2 Å². The van der Waals surface area contributed by atoms with Gasteiger partial charge in [-0.25, -0.2) is 8.78 Å². The summed E-state index contributed by atoms with van der Waals surface area (Å²) in [6.45, 7) is 0. The van der Waals surface area contributed by atoms with Gasteiger partial charge in [0.15, 0.2) is 5.78 Å². The van der Waals surface area contributed by atoms with E-state index >= 15 is 0 Å². The van der Waals surface area contributed by atoms with Crippen LogP contribution in [0.5, 0.6) is 0 Å². The van der Waals surface area contributed by atoms with Crippen molar-refractivity contribution < 1.29 is 18.4 Å². The fourth-order valence-electron chi connectivity index (χ4n) is 3.13. The lowest BCUT2D eigenvalue weighted by molar-refractivity contribution is -0.131. The van der Waals surface area contributed by atoms with Gasteiger partial charge in [-0.2, -0.15) is 0 Å². The maximum atomic E-state index is 13.8. The third-order valence-corrected chi connectivity index (χ3v) is 4.65. The average molecular weight is 394 g/mol. The van der Waals surface area contributed by atoms with Crippen molar-refractivity contribution in [3.05, 3.63) is 101 Å². The molecule has 0 unspecified atom stereocenters. The van der Waals surface area contributed by atoms with Gasteiger partial charge >= 0.3 is 0 Å². The number of aromatic nitrogens is 1. The number of rotatable bonds is 7. The minimum absolute atomic E-state index is 0.00705. The quantitative estimate of drug-likeness (QED) is 0.552. The van der Waals surface area contributed by atoms with Gasteiger partial charge in [0, 0.05) is 31.6 Å². The van der Waals surface area contributed by atoms with Crippen molar-refractivity contribution in [2.24, 2.45) is 0 Å². The normalized spacial score (nSPS) is 11.7. The first kappa shape index (κ1) is 20.3. The second kappa shape index (κ2) is 9.19. The zero-order valence-corrected chi connectivity index (χ0v) is 15.9. The van der Waals surface area contributed by atoms with E-state index in [0.717, 1.165) is 0 Å². The van der Waals surface area contributed by atoms with Gasteiger partial charge in [-0.3, -0.25) is 14.6 Å². The minimum atomic E-state index is -0.583. The first-order valence-corrected chi connectivity index (χ1v) is 9.16. The second-order valence-electron chi connectivity index (χ2n) is 6.65. The molecule has 3 rings (SSSR count). The lowest BCUT2D eigenvalue weighted by atomic mass is 10.0. The molecule has 0 N–H and O–H groups in total. The minimum Gasteiger partial charge on any atom is -0.333 e. The van der Waals surface area contributed by atoms with E-state index in [-0.39, 0.29) is 24.5 Å². The zero-order valence-electron chi connectivity index (χ0n) is 15.9. The van der Waals surface area contributed by atoms with Crippen molar-refractivity contribution in [1.29, 1.82) is 0 Å². The summed E-state index contributed by atoms with van der Waals surface area (Å²) in [4.78, 5) is 30.9. The molecule has 0 spiro atoms. The Labute approximate surface area is 167 Å².